The van der Waals surface area contributed by atoms with E-state index in [2.05, 4.69) is 31.4 Å². The SMILES string of the molecule is CCCC(CN)(CCC)c1cccs1. The van der Waals surface area contributed by atoms with Crippen molar-refractivity contribution in [2.75, 3.05) is 6.54 Å². The number of rotatable bonds is 6. The lowest BCUT2D eigenvalue weighted by Gasteiger charge is -2.31. The highest BCUT2D eigenvalue weighted by Crippen LogP contribution is 2.36. The summed E-state index contributed by atoms with van der Waals surface area (Å²) in [7, 11) is 0. The monoisotopic (exact) mass is 211 g/mol. The molecule has 1 heterocycles. The van der Waals surface area contributed by atoms with E-state index in [-0.39, 0.29) is 5.41 Å². The second-order valence-corrected chi connectivity index (χ2v) is 4.91. The van der Waals surface area contributed by atoms with Crippen LogP contribution in [-0.2, 0) is 5.41 Å². The number of nitrogens with two attached hydrogens (primary N) is 1. The maximum Gasteiger partial charge on any atom is 0.0169 e. The Kier molecular flexibility index (Phi) is 4.63. The van der Waals surface area contributed by atoms with Crippen LogP contribution in [0.3, 0.4) is 0 Å². The first-order valence-electron chi connectivity index (χ1n) is 5.53. The van der Waals surface area contributed by atoms with Crippen LogP contribution in [0, 0.1) is 0 Å². The summed E-state index contributed by atoms with van der Waals surface area (Å²) in [6, 6.07) is 4.37. The second-order valence-electron chi connectivity index (χ2n) is 3.96. The lowest BCUT2D eigenvalue weighted by atomic mass is 9.78. The van der Waals surface area contributed by atoms with Crippen LogP contribution in [0.15, 0.2) is 17.5 Å². The van der Waals surface area contributed by atoms with Gasteiger partial charge < -0.3 is 5.73 Å². The highest BCUT2D eigenvalue weighted by Gasteiger charge is 2.29. The Morgan fingerprint density at radius 2 is 1.93 bits per heavy atom. The summed E-state index contributed by atoms with van der Waals surface area (Å²) >= 11 is 1.85. The van der Waals surface area contributed by atoms with E-state index in [4.69, 9.17) is 5.73 Å². The molecule has 0 fully saturated rings. The Hall–Kier alpha value is -0.340. The highest BCUT2D eigenvalue weighted by atomic mass is 32.1. The van der Waals surface area contributed by atoms with Gasteiger partial charge in [-0.25, -0.2) is 0 Å². The zero-order valence-corrected chi connectivity index (χ0v) is 10.1. The van der Waals surface area contributed by atoms with E-state index in [1.165, 1.54) is 30.6 Å². The van der Waals surface area contributed by atoms with E-state index in [9.17, 15) is 0 Å². The molecule has 0 aliphatic rings. The van der Waals surface area contributed by atoms with Gasteiger partial charge in [-0.05, 0) is 24.3 Å². The molecule has 14 heavy (non-hydrogen) atoms. The molecule has 2 heteroatoms. The maximum atomic E-state index is 5.98. The van der Waals surface area contributed by atoms with Crippen molar-refractivity contribution >= 4 is 11.3 Å². The first-order valence-corrected chi connectivity index (χ1v) is 6.41. The number of hydrogen-bond donors (Lipinski definition) is 1. The molecule has 1 aromatic rings. The minimum absolute atomic E-state index is 0.262. The van der Waals surface area contributed by atoms with Crippen LogP contribution in [-0.4, -0.2) is 6.54 Å². The third kappa shape index (κ3) is 2.37. The van der Waals surface area contributed by atoms with E-state index < -0.39 is 0 Å². The van der Waals surface area contributed by atoms with E-state index in [1.54, 1.807) is 0 Å². The fraction of sp³-hybridized carbons (Fsp3) is 0.667. The van der Waals surface area contributed by atoms with Crippen LogP contribution in [0.5, 0.6) is 0 Å². The molecule has 0 aliphatic heterocycles. The molecule has 1 nitrogen and oxygen atoms in total. The summed E-state index contributed by atoms with van der Waals surface area (Å²) in [6.07, 6.45) is 4.87. The fourth-order valence-corrected chi connectivity index (χ4v) is 3.21. The highest BCUT2D eigenvalue weighted by molar-refractivity contribution is 7.10. The number of hydrogen-bond acceptors (Lipinski definition) is 2. The van der Waals surface area contributed by atoms with Crippen molar-refractivity contribution in [3.63, 3.8) is 0 Å². The Labute approximate surface area is 91.3 Å². The van der Waals surface area contributed by atoms with E-state index in [0.29, 0.717) is 0 Å². The van der Waals surface area contributed by atoms with Crippen LogP contribution in [0.2, 0.25) is 0 Å². The van der Waals surface area contributed by atoms with Crippen molar-refractivity contribution in [3.05, 3.63) is 22.4 Å². The maximum absolute atomic E-state index is 5.98. The van der Waals surface area contributed by atoms with Gasteiger partial charge in [0.1, 0.15) is 0 Å². The molecule has 0 radical (unpaired) electrons. The molecular weight excluding hydrogens is 190 g/mol. The van der Waals surface area contributed by atoms with Gasteiger partial charge in [0.25, 0.3) is 0 Å². The largest absolute Gasteiger partial charge is 0.330 e. The quantitative estimate of drug-likeness (QED) is 0.765. The summed E-state index contributed by atoms with van der Waals surface area (Å²) in [5.41, 5.74) is 6.24. The van der Waals surface area contributed by atoms with Gasteiger partial charge in [-0.1, -0.05) is 32.8 Å². The van der Waals surface area contributed by atoms with Gasteiger partial charge >= 0.3 is 0 Å². The van der Waals surface area contributed by atoms with Crippen LogP contribution >= 0.6 is 11.3 Å². The van der Waals surface area contributed by atoms with Crippen molar-refractivity contribution in [3.8, 4) is 0 Å². The molecule has 0 aromatic carbocycles. The molecule has 1 aromatic heterocycles. The van der Waals surface area contributed by atoms with Crippen LogP contribution in [0.4, 0.5) is 0 Å². The average Bonchev–Trinajstić information content (AvgIpc) is 2.70. The van der Waals surface area contributed by atoms with Crippen LogP contribution in [0.25, 0.3) is 0 Å². The molecule has 0 amide bonds. The lowest BCUT2D eigenvalue weighted by molar-refractivity contribution is 0.372. The summed E-state index contributed by atoms with van der Waals surface area (Å²) < 4.78 is 0. The first kappa shape index (κ1) is 11.7. The van der Waals surface area contributed by atoms with Crippen LogP contribution < -0.4 is 5.73 Å². The van der Waals surface area contributed by atoms with Crippen molar-refractivity contribution in [1.29, 1.82) is 0 Å². The predicted octanol–water partition coefficient (Wildman–Crippen LogP) is 3.54. The van der Waals surface area contributed by atoms with Gasteiger partial charge in [-0.3, -0.25) is 0 Å². The molecule has 80 valence electrons. The average molecular weight is 211 g/mol. The van der Waals surface area contributed by atoms with Gasteiger partial charge in [-0.15, -0.1) is 11.3 Å². The predicted molar refractivity (Wildman–Crippen MR) is 64.9 cm³/mol. The van der Waals surface area contributed by atoms with Gasteiger partial charge in [0.15, 0.2) is 0 Å². The summed E-state index contributed by atoms with van der Waals surface area (Å²) in [4.78, 5) is 1.48. The molecule has 0 bridgehead atoms. The van der Waals surface area contributed by atoms with Gasteiger partial charge in [0, 0.05) is 16.8 Å². The molecule has 0 saturated carbocycles. The molecule has 1 rings (SSSR count). The zero-order chi connectivity index (χ0) is 10.4. The molecule has 0 unspecified atom stereocenters. The molecule has 2 N–H and O–H groups in total. The van der Waals surface area contributed by atoms with Gasteiger partial charge in [0.2, 0.25) is 0 Å². The standard InChI is InChI=1S/C12H21NS/c1-3-7-12(10-13,8-4-2)11-6-5-9-14-11/h5-6,9H,3-4,7-8,10,13H2,1-2H3. The first-order chi connectivity index (χ1) is 6.79. The third-order valence-corrected chi connectivity index (χ3v) is 4.01. The van der Waals surface area contributed by atoms with E-state index >= 15 is 0 Å². The Morgan fingerprint density at radius 3 is 2.29 bits per heavy atom. The normalized spacial score (nSPS) is 11.9. The van der Waals surface area contributed by atoms with Gasteiger partial charge in [-0.2, -0.15) is 0 Å². The summed E-state index contributed by atoms with van der Waals surface area (Å²) in [6.45, 7) is 5.27. The minimum Gasteiger partial charge on any atom is -0.330 e. The summed E-state index contributed by atoms with van der Waals surface area (Å²) in [5, 5.41) is 2.16. The Bertz CT molecular complexity index is 235. The molecular formula is C12H21NS. The topological polar surface area (TPSA) is 26.0 Å². The van der Waals surface area contributed by atoms with Crippen molar-refractivity contribution in [2.45, 2.75) is 44.9 Å². The second kappa shape index (κ2) is 5.52. The van der Waals surface area contributed by atoms with E-state index in [1.807, 2.05) is 11.3 Å². The fourth-order valence-electron chi connectivity index (χ4n) is 2.21. The van der Waals surface area contributed by atoms with Crippen molar-refractivity contribution < 1.29 is 0 Å². The Balaban J connectivity index is 2.88. The van der Waals surface area contributed by atoms with Crippen LogP contribution in [0.1, 0.15) is 44.4 Å². The van der Waals surface area contributed by atoms with Crippen molar-refractivity contribution in [1.82, 2.24) is 0 Å². The molecule has 0 atom stereocenters. The summed E-state index contributed by atoms with van der Waals surface area (Å²) in [5.74, 6) is 0. The number of thiophene rings is 1. The molecule has 0 aliphatic carbocycles. The zero-order valence-electron chi connectivity index (χ0n) is 9.25. The lowest BCUT2D eigenvalue weighted by Crippen LogP contribution is -2.34. The Morgan fingerprint density at radius 1 is 1.29 bits per heavy atom. The third-order valence-electron chi connectivity index (χ3n) is 2.89. The molecule has 0 spiro atoms. The molecule has 0 saturated heterocycles. The van der Waals surface area contributed by atoms with Gasteiger partial charge in [0.05, 0.1) is 0 Å². The van der Waals surface area contributed by atoms with E-state index in [0.717, 1.165) is 6.54 Å². The smallest absolute Gasteiger partial charge is 0.0169 e. The van der Waals surface area contributed by atoms with Crippen molar-refractivity contribution in [2.24, 2.45) is 5.73 Å². The minimum atomic E-state index is 0.262.